The first-order valence-electron chi connectivity index (χ1n) is 10.00. The van der Waals surface area contributed by atoms with Gasteiger partial charge in [0.2, 0.25) is 10.0 Å². The number of piperidine rings is 1. The number of aryl methyl sites for hydroxylation is 1. The Morgan fingerprint density at radius 1 is 0.900 bits per heavy atom. The first-order chi connectivity index (χ1) is 14.1. The second-order valence-corrected chi connectivity index (χ2v) is 11.3. The predicted octanol–water partition coefficient (Wildman–Crippen LogP) is 3.76. The fraction of sp³-hybridized carbons (Fsp3) is 0.429. The van der Waals surface area contributed by atoms with Gasteiger partial charge in [-0.1, -0.05) is 24.1 Å². The average Bonchev–Trinajstić information content (AvgIpc) is 2.69. The fourth-order valence-electron chi connectivity index (χ4n) is 3.28. The van der Waals surface area contributed by atoms with Crippen molar-refractivity contribution in [1.82, 2.24) is 4.31 Å². The van der Waals surface area contributed by atoms with Crippen LogP contribution >= 0.6 is 0 Å². The van der Waals surface area contributed by atoms with Gasteiger partial charge < -0.3 is 4.74 Å². The second-order valence-electron chi connectivity index (χ2n) is 7.71. The van der Waals surface area contributed by atoms with E-state index in [9.17, 15) is 16.8 Å². The zero-order valence-electron chi connectivity index (χ0n) is 17.5. The average molecular weight is 453 g/mol. The molecule has 164 valence electrons. The Morgan fingerprint density at radius 2 is 1.50 bits per heavy atom. The minimum Gasteiger partial charge on any atom is -0.489 e. The molecule has 0 saturated carbocycles. The molecule has 0 atom stereocenters. The normalized spacial score (nSPS) is 15.9. The van der Waals surface area contributed by atoms with Gasteiger partial charge in [0.25, 0.3) is 10.0 Å². The third-order valence-corrected chi connectivity index (χ3v) is 8.12. The van der Waals surface area contributed by atoms with Crippen molar-refractivity contribution in [2.45, 2.75) is 55.9 Å². The molecular formula is C21H28N2O5S2. The van der Waals surface area contributed by atoms with Gasteiger partial charge in [-0.15, -0.1) is 0 Å². The van der Waals surface area contributed by atoms with Crippen LogP contribution < -0.4 is 9.46 Å². The summed E-state index contributed by atoms with van der Waals surface area (Å²) in [5.41, 5.74) is 1.04. The fourth-order valence-corrected chi connectivity index (χ4v) is 5.89. The molecule has 0 aliphatic carbocycles. The summed E-state index contributed by atoms with van der Waals surface area (Å²) >= 11 is 0. The summed E-state index contributed by atoms with van der Waals surface area (Å²) in [6.07, 6.45) is 2.44. The minimum absolute atomic E-state index is 0.0436. The number of nitrogens with zero attached hydrogens (tertiary/aromatic N) is 1. The standard InChI is InChI=1S/C21H28N2O5S2/c1-16(2)28-21-12-11-19(30(26,27)23-13-5-4-6-14-23)15-20(21)22-29(24,25)18-9-7-17(3)8-10-18/h7-12,15-16,22H,4-6,13-14H2,1-3H3. The van der Waals surface area contributed by atoms with E-state index < -0.39 is 20.0 Å². The van der Waals surface area contributed by atoms with Gasteiger partial charge in [-0.3, -0.25) is 4.72 Å². The largest absolute Gasteiger partial charge is 0.489 e. The van der Waals surface area contributed by atoms with Crippen LogP contribution in [0.2, 0.25) is 0 Å². The van der Waals surface area contributed by atoms with Gasteiger partial charge in [0.15, 0.2) is 0 Å². The maximum Gasteiger partial charge on any atom is 0.262 e. The first-order valence-corrected chi connectivity index (χ1v) is 12.9. The monoisotopic (exact) mass is 452 g/mol. The molecule has 0 aromatic heterocycles. The summed E-state index contributed by atoms with van der Waals surface area (Å²) in [5, 5.41) is 0. The van der Waals surface area contributed by atoms with Gasteiger partial charge in [0, 0.05) is 13.1 Å². The van der Waals surface area contributed by atoms with E-state index >= 15 is 0 Å². The molecular weight excluding hydrogens is 424 g/mol. The van der Waals surface area contributed by atoms with Crippen molar-refractivity contribution in [1.29, 1.82) is 0 Å². The van der Waals surface area contributed by atoms with Crippen molar-refractivity contribution in [2.75, 3.05) is 17.8 Å². The van der Waals surface area contributed by atoms with Gasteiger partial charge in [-0.05, 0) is 63.9 Å². The van der Waals surface area contributed by atoms with Crippen LogP contribution in [-0.4, -0.2) is 40.3 Å². The number of sulfonamides is 2. The Kier molecular flexibility index (Phi) is 6.74. The van der Waals surface area contributed by atoms with Gasteiger partial charge in [-0.2, -0.15) is 4.31 Å². The predicted molar refractivity (Wildman–Crippen MR) is 117 cm³/mol. The molecule has 0 spiro atoms. The highest BCUT2D eigenvalue weighted by atomic mass is 32.2. The van der Waals surface area contributed by atoms with E-state index in [1.165, 1.54) is 34.6 Å². The Balaban J connectivity index is 2.00. The molecule has 2 aromatic rings. The van der Waals surface area contributed by atoms with Crippen LogP contribution in [0.3, 0.4) is 0 Å². The Labute approximate surface area is 179 Å². The number of hydrogen-bond donors (Lipinski definition) is 1. The van der Waals surface area contributed by atoms with Crippen molar-refractivity contribution in [3.8, 4) is 5.75 Å². The van der Waals surface area contributed by atoms with Crippen molar-refractivity contribution >= 4 is 25.7 Å². The molecule has 3 rings (SSSR count). The molecule has 1 aliphatic heterocycles. The molecule has 1 heterocycles. The maximum absolute atomic E-state index is 13.1. The summed E-state index contributed by atoms with van der Waals surface area (Å²) < 4.78 is 61.6. The number of anilines is 1. The van der Waals surface area contributed by atoms with Crippen LogP contribution in [0.1, 0.15) is 38.7 Å². The zero-order valence-corrected chi connectivity index (χ0v) is 19.1. The Bertz CT molecular complexity index is 1090. The van der Waals surface area contributed by atoms with Gasteiger partial charge in [-0.25, -0.2) is 16.8 Å². The van der Waals surface area contributed by atoms with Crippen LogP contribution in [-0.2, 0) is 20.0 Å². The molecule has 0 radical (unpaired) electrons. The molecule has 1 aliphatic rings. The van der Waals surface area contributed by atoms with E-state index in [1.54, 1.807) is 12.1 Å². The number of hydrogen-bond acceptors (Lipinski definition) is 5. The van der Waals surface area contributed by atoms with Crippen LogP contribution in [0.5, 0.6) is 5.75 Å². The Hall–Kier alpha value is -2.10. The quantitative estimate of drug-likeness (QED) is 0.691. The lowest BCUT2D eigenvalue weighted by Gasteiger charge is -2.26. The first kappa shape index (κ1) is 22.6. The molecule has 0 bridgehead atoms. The molecule has 1 saturated heterocycles. The molecule has 9 heteroatoms. The Morgan fingerprint density at radius 3 is 2.10 bits per heavy atom. The van der Waals surface area contributed by atoms with Crippen molar-refractivity contribution in [2.24, 2.45) is 0 Å². The summed E-state index contributed by atoms with van der Waals surface area (Å²) in [4.78, 5) is 0.134. The highest BCUT2D eigenvalue weighted by molar-refractivity contribution is 7.92. The number of nitrogens with one attached hydrogen (secondary N) is 1. The van der Waals surface area contributed by atoms with E-state index in [1.807, 2.05) is 20.8 Å². The second kappa shape index (κ2) is 8.95. The van der Waals surface area contributed by atoms with Gasteiger partial charge in [0.05, 0.1) is 21.6 Å². The molecule has 0 amide bonds. The van der Waals surface area contributed by atoms with Crippen LogP contribution in [0.15, 0.2) is 52.3 Å². The zero-order chi connectivity index (χ0) is 21.9. The third-order valence-electron chi connectivity index (χ3n) is 4.84. The topological polar surface area (TPSA) is 92.8 Å². The summed E-state index contributed by atoms with van der Waals surface area (Å²) in [6.45, 7) is 6.44. The minimum atomic E-state index is -3.91. The van der Waals surface area contributed by atoms with Crippen LogP contribution in [0.25, 0.3) is 0 Å². The molecule has 2 aromatic carbocycles. The molecule has 1 fully saturated rings. The van der Waals surface area contributed by atoms with E-state index in [4.69, 9.17) is 4.74 Å². The lowest BCUT2D eigenvalue weighted by atomic mass is 10.2. The maximum atomic E-state index is 13.1. The molecule has 1 N–H and O–H groups in total. The summed E-state index contributed by atoms with van der Waals surface area (Å²) in [7, 11) is -7.63. The lowest BCUT2D eigenvalue weighted by molar-refractivity contribution is 0.243. The van der Waals surface area contributed by atoms with E-state index in [-0.39, 0.29) is 27.3 Å². The SMILES string of the molecule is Cc1ccc(S(=O)(=O)Nc2cc(S(=O)(=O)N3CCCCC3)ccc2OC(C)C)cc1. The van der Waals surface area contributed by atoms with Gasteiger partial charge in [0.1, 0.15) is 5.75 Å². The van der Waals surface area contributed by atoms with E-state index in [0.29, 0.717) is 13.1 Å². The van der Waals surface area contributed by atoms with Crippen LogP contribution in [0, 0.1) is 6.92 Å². The number of ether oxygens (including phenoxy) is 1. The third kappa shape index (κ3) is 5.14. The van der Waals surface area contributed by atoms with Crippen LogP contribution in [0.4, 0.5) is 5.69 Å². The molecule has 0 unspecified atom stereocenters. The van der Waals surface area contributed by atoms with Crippen molar-refractivity contribution in [3.05, 3.63) is 48.0 Å². The lowest BCUT2D eigenvalue weighted by Crippen LogP contribution is -2.35. The highest BCUT2D eigenvalue weighted by Crippen LogP contribution is 2.32. The summed E-state index contributed by atoms with van der Waals surface area (Å²) in [6, 6.07) is 10.7. The van der Waals surface area contributed by atoms with E-state index in [2.05, 4.69) is 4.72 Å². The highest BCUT2D eigenvalue weighted by Gasteiger charge is 2.27. The number of rotatable bonds is 7. The van der Waals surface area contributed by atoms with E-state index in [0.717, 1.165) is 24.8 Å². The summed E-state index contributed by atoms with van der Waals surface area (Å²) in [5.74, 6) is 0.276. The molecule has 30 heavy (non-hydrogen) atoms. The number of benzene rings is 2. The smallest absolute Gasteiger partial charge is 0.262 e. The van der Waals surface area contributed by atoms with Crippen molar-refractivity contribution in [3.63, 3.8) is 0 Å². The molecule has 7 nitrogen and oxygen atoms in total. The van der Waals surface area contributed by atoms with Crippen molar-refractivity contribution < 1.29 is 21.6 Å². The van der Waals surface area contributed by atoms with Gasteiger partial charge >= 0.3 is 0 Å².